The summed E-state index contributed by atoms with van der Waals surface area (Å²) in [5.41, 5.74) is 0.874. The van der Waals surface area contributed by atoms with E-state index in [2.05, 4.69) is 26.8 Å². The number of aromatic nitrogens is 3. The number of pyridine rings is 1. The van der Waals surface area contributed by atoms with Crippen molar-refractivity contribution in [2.24, 2.45) is 5.41 Å². The minimum absolute atomic E-state index is 0.167. The van der Waals surface area contributed by atoms with Gasteiger partial charge in [-0.2, -0.15) is 0 Å². The lowest BCUT2D eigenvalue weighted by Crippen LogP contribution is -2.51. The molecule has 5 rings (SSSR count). The van der Waals surface area contributed by atoms with E-state index in [1.165, 1.54) is 11.8 Å². The van der Waals surface area contributed by atoms with E-state index in [0.29, 0.717) is 46.2 Å². The van der Waals surface area contributed by atoms with Crippen LogP contribution in [0.25, 0.3) is 0 Å². The van der Waals surface area contributed by atoms with Gasteiger partial charge < -0.3 is 24.7 Å². The SMILES string of the molecule is C[C@H]1CC2(CCN(c3ncc(Sc4ccnc(N5CC(O)C5)c4Cl)nc3CO)CC2)CO1. The van der Waals surface area contributed by atoms with Crippen molar-refractivity contribution in [1.29, 1.82) is 0 Å². The molecule has 3 aliphatic rings. The van der Waals surface area contributed by atoms with E-state index in [9.17, 15) is 10.2 Å². The highest BCUT2D eigenvalue weighted by Gasteiger charge is 2.41. The normalized spacial score (nSPS) is 23.1. The van der Waals surface area contributed by atoms with E-state index in [1.54, 1.807) is 12.4 Å². The smallest absolute Gasteiger partial charge is 0.152 e. The Morgan fingerprint density at radius 2 is 2.00 bits per heavy atom. The number of nitrogens with zero attached hydrogens (tertiary/aromatic N) is 5. The average molecular weight is 478 g/mol. The summed E-state index contributed by atoms with van der Waals surface area (Å²) in [4.78, 5) is 18.7. The van der Waals surface area contributed by atoms with E-state index < -0.39 is 0 Å². The van der Waals surface area contributed by atoms with Crippen molar-refractivity contribution in [3.05, 3.63) is 29.2 Å². The monoisotopic (exact) mass is 477 g/mol. The Hall–Kier alpha value is -1.65. The van der Waals surface area contributed by atoms with Gasteiger partial charge in [0.25, 0.3) is 0 Å². The van der Waals surface area contributed by atoms with Gasteiger partial charge in [-0.1, -0.05) is 23.4 Å². The summed E-state index contributed by atoms with van der Waals surface area (Å²) < 4.78 is 5.83. The van der Waals surface area contributed by atoms with Gasteiger partial charge in [-0.05, 0) is 37.7 Å². The molecule has 2 N–H and O–H groups in total. The largest absolute Gasteiger partial charge is 0.390 e. The predicted octanol–water partition coefficient (Wildman–Crippen LogP) is 2.74. The van der Waals surface area contributed by atoms with Crippen molar-refractivity contribution in [2.45, 2.75) is 54.9 Å². The van der Waals surface area contributed by atoms with Gasteiger partial charge in [0.2, 0.25) is 0 Å². The van der Waals surface area contributed by atoms with Gasteiger partial charge >= 0.3 is 0 Å². The molecule has 0 aromatic carbocycles. The van der Waals surface area contributed by atoms with Gasteiger partial charge in [-0.15, -0.1) is 0 Å². The summed E-state index contributed by atoms with van der Waals surface area (Å²) in [7, 11) is 0. The van der Waals surface area contributed by atoms with Crippen LogP contribution < -0.4 is 9.80 Å². The Bertz CT molecular complexity index is 982. The molecular weight excluding hydrogens is 450 g/mol. The number of aliphatic hydroxyl groups excluding tert-OH is 2. The predicted molar refractivity (Wildman–Crippen MR) is 123 cm³/mol. The maximum Gasteiger partial charge on any atom is 0.152 e. The van der Waals surface area contributed by atoms with Gasteiger partial charge in [-0.3, -0.25) is 0 Å². The number of aliphatic hydroxyl groups is 2. The fourth-order valence-electron chi connectivity index (χ4n) is 4.87. The van der Waals surface area contributed by atoms with Crippen LogP contribution in [0.4, 0.5) is 11.6 Å². The second-order valence-corrected chi connectivity index (χ2v) is 10.5. The van der Waals surface area contributed by atoms with Crippen LogP contribution in [0.15, 0.2) is 28.4 Å². The number of hydrogen-bond donors (Lipinski definition) is 2. The second-order valence-electron chi connectivity index (χ2n) is 9.06. The highest BCUT2D eigenvalue weighted by atomic mass is 35.5. The second kappa shape index (κ2) is 8.95. The Balaban J connectivity index is 1.30. The fourth-order valence-corrected chi connectivity index (χ4v) is 6.01. The van der Waals surface area contributed by atoms with Gasteiger partial charge in [0, 0.05) is 37.3 Å². The molecule has 172 valence electrons. The lowest BCUT2D eigenvalue weighted by molar-refractivity contribution is 0.0975. The third-order valence-corrected chi connectivity index (χ3v) is 8.13. The van der Waals surface area contributed by atoms with Crippen LogP contribution in [0.5, 0.6) is 0 Å². The maximum atomic E-state index is 9.99. The van der Waals surface area contributed by atoms with Crippen molar-refractivity contribution in [2.75, 3.05) is 42.6 Å². The zero-order valence-electron chi connectivity index (χ0n) is 18.1. The van der Waals surface area contributed by atoms with Gasteiger partial charge in [0.15, 0.2) is 5.82 Å². The van der Waals surface area contributed by atoms with Crippen LogP contribution in [0, 0.1) is 5.41 Å². The van der Waals surface area contributed by atoms with Crippen molar-refractivity contribution in [3.63, 3.8) is 0 Å². The molecule has 0 unspecified atom stereocenters. The molecule has 1 atom stereocenters. The van der Waals surface area contributed by atoms with Crippen LogP contribution in [0.2, 0.25) is 5.02 Å². The van der Waals surface area contributed by atoms with E-state index in [1.807, 2.05) is 11.0 Å². The Kier molecular flexibility index (Phi) is 6.19. The van der Waals surface area contributed by atoms with E-state index in [4.69, 9.17) is 16.3 Å². The van der Waals surface area contributed by atoms with E-state index >= 15 is 0 Å². The van der Waals surface area contributed by atoms with Crippen LogP contribution in [-0.2, 0) is 11.3 Å². The molecule has 8 nitrogen and oxygen atoms in total. The molecule has 1 spiro atoms. The lowest BCUT2D eigenvalue weighted by Gasteiger charge is -2.39. The third kappa shape index (κ3) is 4.28. The molecule has 10 heteroatoms. The molecule has 0 amide bonds. The molecule has 0 radical (unpaired) electrons. The van der Waals surface area contributed by atoms with Gasteiger partial charge in [0.05, 0.1) is 36.6 Å². The van der Waals surface area contributed by atoms with Crippen LogP contribution in [0.1, 0.15) is 31.9 Å². The van der Waals surface area contributed by atoms with Crippen molar-refractivity contribution < 1.29 is 14.9 Å². The highest BCUT2D eigenvalue weighted by Crippen LogP contribution is 2.43. The average Bonchev–Trinajstić information content (AvgIpc) is 3.14. The Labute approximate surface area is 197 Å². The first kappa shape index (κ1) is 22.2. The number of rotatable bonds is 5. The summed E-state index contributed by atoms with van der Waals surface area (Å²) in [5.74, 6) is 1.43. The molecule has 3 fully saturated rings. The molecular formula is C22H28ClN5O3S. The maximum absolute atomic E-state index is 9.99. The number of halogens is 1. The third-order valence-electron chi connectivity index (χ3n) is 6.68. The van der Waals surface area contributed by atoms with E-state index in [-0.39, 0.29) is 12.7 Å². The molecule has 5 heterocycles. The molecule has 0 aliphatic carbocycles. The Morgan fingerprint density at radius 3 is 2.66 bits per heavy atom. The number of piperidine rings is 1. The highest BCUT2D eigenvalue weighted by molar-refractivity contribution is 7.99. The minimum Gasteiger partial charge on any atom is -0.390 e. The van der Waals surface area contributed by atoms with Crippen LogP contribution in [0.3, 0.4) is 0 Å². The van der Waals surface area contributed by atoms with Crippen molar-refractivity contribution in [1.82, 2.24) is 15.0 Å². The zero-order chi connectivity index (χ0) is 22.3. The molecule has 0 saturated carbocycles. The van der Waals surface area contributed by atoms with Crippen molar-refractivity contribution >= 4 is 35.0 Å². The zero-order valence-corrected chi connectivity index (χ0v) is 19.6. The van der Waals surface area contributed by atoms with E-state index in [0.717, 1.165) is 49.7 Å². The summed E-state index contributed by atoms with van der Waals surface area (Å²) in [6.45, 7) is 5.69. The van der Waals surface area contributed by atoms with Crippen LogP contribution in [-0.4, -0.2) is 70.2 Å². The number of anilines is 2. The first-order chi connectivity index (χ1) is 15.5. The van der Waals surface area contributed by atoms with Gasteiger partial charge in [0.1, 0.15) is 16.5 Å². The molecule has 2 aromatic heterocycles. The molecule has 2 aromatic rings. The molecule has 0 bridgehead atoms. The van der Waals surface area contributed by atoms with Crippen molar-refractivity contribution in [3.8, 4) is 0 Å². The molecule has 3 saturated heterocycles. The number of β-amino-alcohol motifs (C(OH)–C–C–N with tert-alkyl or cyclic N) is 1. The number of hydrogen-bond acceptors (Lipinski definition) is 9. The first-order valence-corrected chi connectivity index (χ1v) is 12.2. The molecule has 3 aliphatic heterocycles. The Morgan fingerprint density at radius 1 is 1.22 bits per heavy atom. The summed E-state index contributed by atoms with van der Waals surface area (Å²) >= 11 is 7.99. The standard InChI is InChI=1S/C22H28ClN5O3S/c1-14-8-22(13-31-14)3-6-27(7-4-22)20-16(12-29)26-18(9-25-20)32-17-2-5-24-21(19(17)23)28-10-15(30)11-28/h2,5,9,14-15,29-30H,3-4,6-8,10-13H2,1H3/t14-/m0/s1. The quantitative estimate of drug-likeness (QED) is 0.673. The lowest BCUT2D eigenvalue weighted by atomic mass is 9.77. The minimum atomic E-state index is -0.330. The molecule has 32 heavy (non-hydrogen) atoms. The summed E-state index contributed by atoms with van der Waals surface area (Å²) in [6, 6.07) is 1.84. The summed E-state index contributed by atoms with van der Waals surface area (Å²) in [6.07, 6.45) is 6.73. The topological polar surface area (TPSA) is 94.8 Å². The number of ether oxygens (including phenoxy) is 1. The van der Waals surface area contributed by atoms with Gasteiger partial charge in [-0.25, -0.2) is 15.0 Å². The first-order valence-electron chi connectivity index (χ1n) is 11.0. The summed E-state index contributed by atoms with van der Waals surface area (Å²) in [5, 5.41) is 20.8. The fraction of sp³-hybridized carbons (Fsp3) is 0.591. The van der Waals surface area contributed by atoms with Crippen LogP contribution >= 0.6 is 23.4 Å².